The van der Waals surface area contributed by atoms with E-state index in [0.717, 1.165) is 41.3 Å². The van der Waals surface area contributed by atoms with E-state index in [4.69, 9.17) is 9.40 Å². The summed E-state index contributed by atoms with van der Waals surface area (Å²) in [6.45, 7) is 0. The van der Waals surface area contributed by atoms with Crippen molar-refractivity contribution in [2.75, 3.05) is 0 Å². The minimum absolute atomic E-state index is 0.437. The molecule has 3 aromatic carbocycles. The fourth-order valence-corrected chi connectivity index (χ4v) is 4.34. The molecule has 0 N–H and O–H groups in total. The largest absolute Gasteiger partial charge is 0.436 e. The van der Waals surface area contributed by atoms with Gasteiger partial charge < -0.3 is 4.42 Å². The molecule has 1 aromatic heterocycles. The van der Waals surface area contributed by atoms with E-state index in [9.17, 15) is 0 Å². The average molecular weight is 392 g/mol. The molecule has 1 aliphatic rings. The lowest BCUT2D eigenvalue weighted by Crippen LogP contribution is -2.11. The summed E-state index contributed by atoms with van der Waals surface area (Å²) < 4.78 is 6.48. The van der Waals surface area contributed by atoms with Gasteiger partial charge in [-0.15, -0.1) is 0 Å². The fraction of sp³-hybridized carbons (Fsp3) is 0.179. The maximum Gasteiger partial charge on any atom is 0.223 e. The Balaban J connectivity index is 1.57. The van der Waals surface area contributed by atoms with E-state index in [-0.39, 0.29) is 0 Å². The summed E-state index contributed by atoms with van der Waals surface area (Å²) in [7, 11) is 0. The summed E-state index contributed by atoms with van der Waals surface area (Å²) in [5.74, 6) is 2.06. The molecule has 0 spiro atoms. The lowest BCUT2D eigenvalue weighted by Gasteiger charge is -2.22. The van der Waals surface area contributed by atoms with Crippen LogP contribution in [0.3, 0.4) is 0 Å². The van der Waals surface area contributed by atoms with Gasteiger partial charge in [-0.05, 0) is 37.2 Å². The maximum atomic E-state index is 6.48. The smallest absolute Gasteiger partial charge is 0.223 e. The highest BCUT2D eigenvalue weighted by atomic mass is 16.4. The number of nitrogens with zero attached hydrogens (tertiary/aromatic N) is 1. The Morgan fingerprint density at radius 1 is 0.767 bits per heavy atom. The molecular weight excluding hydrogens is 366 g/mol. The molecule has 0 fully saturated rings. The highest BCUT2D eigenvalue weighted by molar-refractivity contribution is 5.79. The Hall–Kier alpha value is -3.39. The van der Waals surface area contributed by atoms with Crippen molar-refractivity contribution in [3.05, 3.63) is 109 Å². The molecule has 1 heterocycles. The van der Waals surface area contributed by atoms with Crippen LogP contribution in [-0.2, 0) is 6.42 Å². The van der Waals surface area contributed by atoms with Crippen LogP contribution in [0.4, 0.5) is 0 Å². The van der Waals surface area contributed by atoms with Crippen LogP contribution >= 0.6 is 0 Å². The Bertz CT molecular complexity index is 1070. The Kier molecular flexibility index (Phi) is 5.30. The second-order valence-corrected chi connectivity index (χ2v) is 7.91. The van der Waals surface area contributed by atoms with Crippen LogP contribution in [-0.4, -0.2) is 4.98 Å². The molecule has 30 heavy (non-hydrogen) atoms. The summed E-state index contributed by atoms with van der Waals surface area (Å²) >= 11 is 0. The zero-order valence-electron chi connectivity index (χ0n) is 17.0. The van der Waals surface area contributed by atoms with Crippen molar-refractivity contribution >= 4 is 5.57 Å². The van der Waals surface area contributed by atoms with E-state index in [2.05, 4.69) is 72.8 Å². The third-order valence-corrected chi connectivity index (χ3v) is 5.84. The van der Waals surface area contributed by atoms with Crippen molar-refractivity contribution in [2.24, 2.45) is 5.92 Å². The first kappa shape index (κ1) is 18.6. The first-order valence-corrected chi connectivity index (χ1v) is 10.7. The van der Waals surface area contributed by atoms with Crippen LogP contribution in [0.2, 0.25) is 0 Å². The van der Waals surface area contributed by atoms with Gasteiger partial charge in [0.25, 0.3) is 0 Å². The van der Waals surface area contributed by atoms with Crippen LogP contribution in [0.15, 0.2) is 101 Å². The van der Waals surface area contributed by atoms with Gasteiger partial charge in [-0.3, -0.25) is 0 Å². The topological polar surface area (TPSA) is 26.0 Å². The minimum Gasteiger partial charge on any atom is -0.436 e. The quantitative estimate of drug-likeness (QED) is 0.353. The normalized spacial score (nSPS) is 16.3. The molecule has 4 aromatic rings. The fourth-order valence-electron chi connectivity index (χ4n) is 4.34. The van der Waals surface area contributed by atoms with E-state index < -0.39 is 0 Å². The van der Waals surface area contributed by atoms with Gasteiger partial charge in [0.05, 0.1) is 0 Å². The molecule has 5 rings (SSSR count). The summed E-state index contributed by atoms with van der Waals surface area (Å²) in [6.07, 6.45) is 6.84. The predicted molar refractivity (Wildman–Crippen MR) is 123 cm³/mol. The molecule has 0 radical (unpaired) electrons. The summed E-state index contributed by atoms with van der Waals surface area (Å²) in [5.41, 5.74) is 5.69. The SMILES string of the molecule is C1=C(c2nc(-c3ccccc3)c(-c3ccccc3)o2)C(Cc2ccccc2)CCC1. The minimum atomic E-state index is 0.437. The van der Waals surface area contributed by atoms with Crippen LogP contribution in [0, 0.1) is 5.92 Å². The van der Waals surface area contributed by atoms with Gasteiger partial charge in [0.2, 0.25) is 5.89 Å². The summed E-state index contributed by atoms with van der Waals surface area (Å²) in [5, 5.41) is 0. The van der Waals surface area contributed by atoms with Crippen LogP contribution < -0.4 is 0 Å². The molecule has 1 aliphatic carbocycles. The molecule has 0 aliphatic heterocycles. The molecule has 0 bridgehead atoms. The van der Waals surface area contributed by atoms with Gasteiger partial charge >= 0.3 is 0 Å². The Morgan fingerprint density at radius 2 is 1.40 bits per heavy atom. The molecule has 2 nitrogen and oxygen atoms in total. The van der Waals surface area contributed by atoms with Crippen molar-refractivity contribution in [1.29, 1.82) is 0 Å². The van der Waals surface area contributed by atoms with Gasteiger partial charge in [0, 0.05) is 16.7 Å². The third-order valence-electron chi connectivity index (χ3n) is 5.84. The van der Waals surface area contributed by atoms with Gasteiger partial charge in [0.15, 0.2) is 5.76 Å². The van der Waals surface area contributed by atoms with Crippen LogP contribution in [0.1, 0.15) is 30.7 Å². The second kappa shape index (κ2) is 8.54. The standard InChI is InChI=1S/C28H25NO/c1-4-12-21(13-5-1)20-24-18-10-11-19-25(24)28-29-26(22-14-6-2-7-15-22)27(30-28)23-16-8-3-9-17-23/h1-9,12-17,19,24H,10-11,18,20H2. The summed E-state index contributed by atoms with van der Waals surface area (Å²) in [4.78, 5) is 5.04. The maximum absolute atomic E-state index is 6.48. The van der Waals surface area contributed by atoms with Crippen molar-refractivity contribution < 1.29 is 4.42 Å². The van der Waals surface area contributed by atoms with Gasteiger partial charge in [0.1, 0.15) is 5.69 Å². The number of benzene rings is 3. The highest BCUT2D eigenvalue weighted by Gasteiger charge is 2.26. The molecule has 0 amide bonds. The lowest BCUT2D eigenvalue weighted by molar-refractivity contribution is 0.505. The van der Waals surface area contributed by atoms with E-state index in [0.29, 0.717) is 5.92 Å². The van der Waals surface area contributed by atoms with Gasteiger partial charge in [-0.1, -0.05) is 97.1 Å². The van der Waals surface area contributed by atoms with Crippen LogP contribution in [0.25, 0.3) is 28.2 Å². The molecule has 0 saturated heterocycles. The van der Waals surface area contributed by atoms with E-state index in [1.165, 1.54) is 24.0 Å². The zero-order valence-corrected chi connectivity index (χ0v) is 17.0. The Labute approximate surface area is 177 Å². The molecule has 148 valence electrons. The Morgan fingerprint density at radius 3 is 2.10 bits per heavy atom. The van der Waals surface area contributed by atoms with Gasteiger partial charge in [-0.25, -0.2) is 4.98 Å². The number of hydrogen-bond donors (Lipinski definition) is 0. The van der Waals surface area contributed by atoms with Crippen LogP contribution in [0.5, 0.6) is 0 Å². The molecule has 1 unspecified atom stereocenters. The number of aromatic nitrogens is 1. The average Bonchev–Trinajstić information content (AvgIpc) is 3.27. The number of hydrogen-bond acceptors (Lipinski definition) is 2. The first-order valence-electron chi connectivity index (χ1n) is 10.7. The molecule has 0 saturated carbocycles. The highest BCUT2D eigenvalue weighted by Crippen LogP contribution is 2.39. The van der Waals surface area contributed by atoms with E-state index in [1.54, 1.807) is 0 Å². The number of allylic oxidation sites excluding steroid dienone is 2. The molecular formula is C28H25NO. The number of rotatable bonds is 5. The van der Waals surface area contributed by atoms with Crippen molar-refractivity contribution in [3.8, 4) is 22.6 Å². The molecule has 1 atom stereocenters. The first-order chi connectivity index (χ1) is 14.9. The predicted octanol–water partition coefficient (Wildman–Crippen LogP) is 7.43. The van der Waals surface area contributed by atoms with Gasteiger partial charge in [-0.2, -0.15) is 0 Å². The zero-order chi connectivity index (χ0) is 20.2. The summed E-state index contributed by atoms with van der Waals surface area (Å²) in [6, 6.07) is 31.4. The van der Waals surface area contributed by atoms with Crippen molar-refractivity contribution in [2.45, 2.75) is 25.7 Å². The second-order valence-electron chi connectivity index (χ2n) is 7.91. The lowest BCUT2D eigenvalue weighted by atomic mass is 9.83. The van der Waals surface area contributed by atoms with Crippen molar-refractivity contribution in [1.82, 2.24) is 4.98 Å². The number of oxazole rings is 1. The monoisotopic (exact) mass is 391 g/mol. The van der Waals surface area contributed by atoms with Crippen molar-refractivity contribution in [3.63, 3.8) is 0 Å². The van der Waals surface area contributed by atoms with E-state index >= 15 is 0 Å². The third kappa shape index (κ3) is 3.86. The molecule has 2 heteroatoms. The van der Waals surface area contributed by atoms with E-state index in [1.807, 2.05) is 24.3 Å².